The maximum Gasteiger partial charge on any atom is 0.167 e. The van der Waals surface area contributed by atoms with E-state index in [1.54, 1.807) is 4.57 Å². The Labute approximate surface area is 161 Å². The van der Waals surface area contributed by atoms with E-state index in [4.69, 9.17) is 4.74 Å². The molecule has 9 heteroatoms. The Morgan fingerprint density at radius 1 is 1.14 bits per heavy atom. The van der Waals surface area contributed by atoms with Crippen LogP contribution in [0, 0.1) is 0 Å². The SMILES string of the molecule is CCC(Nc1ncnc2c1ncn2[C@@H]1O[C@H](CO)C(O)C1O)c1ccccc1. The molecule has 0 radical (unpaired) electrons. The molecule has 1 saturated heterocycles. The van der Waals surface area contributed by atoms with Crippen molar-refractivity contribution >= 4 is 17.0 Å². The standard InChI is InChI=1S/C19H23N5O4/c1-2-12(11-6-4-3-5-7-11)23-17-14-18(21-9-20-17)24(10-22-14)19-16(27)15(26)13(8-25)28-19/h3-7,9-10,12-13,15-16,19,25-27H,2,8H2,1H3,(H,20,21,23)/t12?,13-,15?,16?,19-/m1/s1. The number of nitrogens with zero attached hydrogens (tertiary/aromatic N) is 4. The van der Waals surface area contributed by atoms with E-state index in [0.29, 0.717) is 17.0 Å². The van der Waals surface area contributed by atoms with E-state index >= 15 is 0 Å². The second-order valence-electron chi connectivity index (χ2n) is 6.79. The van der Waals surface area contributed by atoms with Gasteiger partial charge in [0.25, 0.3) is 0 Å². The molecule has 0 bridgehead atoms. The number of fused-ring (bicyclic) bond motifs is 1. The van der Waals surface area contributed by atoms with Crippen LogP contribution in [0.15, 0.2) is 43.0 Å². The second-order valence-corrected chi connectivity index (χ2v) is 6.79. The van der Waals surface area contributed by atoms with Gasteiger partial charge in [0.15, 0.2) is 23.2 Å². The average molecular weight is 385 g/mol. The van der Waals surface area contributed by atoms with Gasteiger partial charge in [-0.15, -0.1) is 0 Å². The third kappa shape index (κ3) is 3.22. The first kappa shape index (κ1) is 18.8. The molecule has 0 saturated carbocycles. The van der Waals surface area contributed by atoms with E-state index in [1.165, 1.54) is 12.7 Å². The topological polar surface area (TPSA) is 126 Å². The van der Waals surface area contributed by atoms with Gasteiger partial charge in [-0.25, -0.2) is 15.0 Å². The lowest BCUT2D eigenvalue weighted by Gasteiger charge is -2.19. The molecule has 1 aliphatic rings. The summed E-state index contributed by atoms with van der Waals surface area (Å²) in [5.74, 6) is 0.575. The minimum absolute atomic E-state index is 0.0540. The van der Waals surface area contributed by atoms with Gasteiger partial charge in [0.05, 0.1) is 19.0 Å². The Bertz CT molecular complexity index is 934. The second kappa shape index (κ2) is 7.80. The quantitative estimate of drug-likeness (QED) is 0.495. The lowest BCUT2D eigenvalue weighted by Crippen LogP contribution is -2.33. The Morgan fingerprint density at radius 2 is 1.93 bits per heavy atom. The zero-order valence-corrected chi connectivity index (χ0v) is 15.4. The van der Waals surface area contributed by atoms with E-state index in [2.05, 4.69) is 39.3 Å². The van der Waals surface area contributed by atoms with Crippen LogP contribution in [0.1, 0.15) is 31.2 Å². The smallest absolute Gasteiger partial charge is 0.167 e. The molecule has 4 rings (SSSR count). The van der Waals surface area contributed by atoms with Gasteiger partial charge in [-0.05, 0) is 12.0 Å². The number of aliphatic hydroxyl groups excluding tert-OH is 3. The number of aliphatic hydroxyl groups is 3. The van der Waals surface area contributed by atoms with Crippen LogP contribution in [0.25, 0.3) is 11.2 Å². The molecule has 0 aliphatic carbocycles. The number of aromatic nitrogens is 4. The van der Waals surface area contributed by atoms with E-state index in [1.807, 2.05) is 18.2 Å². The van der Waals surface area contributed by atoms with E-state index < -0.39 is 31.1 Å². The summed E-state index contributed by atoms with van der Waals surface area (Å²) >= 11 is 0. The van der Waals surface area contributed by atoms with Crippen LogP contribution in [0.5, 0.6) is 0 Å². The first-order valence-electron chi connectivity index (χ1n) is 9.25. The Balaban J connectivity index is 1.66. The van der Waals surface area contributed by atoms with Crippen LogP contribution in [0.2, 0.25) is 0 Å². The van der Waals surface area contributed by atoms with Gasteiger partial charge in [0.2, 0.25) is 0 Å². The van der Waals surface area contributed by atoms with Crippen molar-refractivity contribution in [2.24, 2.45) is 0 Å². The third-order valence-electron chi connectivity index (χ3n) is 5.07. The Hall–Kier alpha value is -2.59. The summed E-state index contributed by atoms with van der Waals surface area (Å²) in [6.07, 6.45) is -0.375. The number of anilines is 1. The zero-order valence-electron chi connectivity index (χ0n) is 15.4. The number of rotatable bonds is 6. The number of ether oxygens (including phenoxy) is 1. The van der Waals surface area contributed by atoms with Crippen LogP contribution in [0.4, 0.5) is 5.82 Å². The number of imidazole rings is 1. The largest absolute Gasteiger partial charge is 0.394 e. The van der Waals surface area contributed by atoms with Gasteiger partial charge in [0, 0.05) is 0 Å². The van der Waals surface area contributed by atoms with Gasteiger partial charge in [-0.2, -0.15) is 0 Å². The predicted molar refractivity (Wildman–Crippen MR) is 101 cm³/mol. The van der Waals surface area contributed by atoms with Crippen LogP contribution in [-0.4, -0.2) is 59.8 Å². The lowest BCUT2D eigenvalue weighted by molar-refractivity contribution is -0.0511. The van der Waals surface area contributed by atoms with Gasteiger partial charge in [-0.1, -0.05) is 37.3 Å². The summed E-state index contributed by atoms with van der Waals surface area (Å²) in [5, 5.41) is 33.0. The molecule has 0 spiro atoms. The van der Waals surface area contributed by atoms with Crippen LogP contribution in [0.3, 0.4) is 0 Å². The van der Waals surface area contributed by atoms with Gasteiger partial charge in [0.1, 0.15) is 24.6 Å². The molecule has 1 aromatic carbocycles. The predicted octanol–water partition coefficient (Wildman–Crippen LogP) is 1.00. The number of hydrogen-bond acceptors (Lipinski definition) is 8. The van der Waals surface area contributed by atoms with Crippen molar-refractivity contribution < 1.29 is 20.1 Å². The molecular formula is C19H23N5O4. The van der Waals surface area contributed by atoms with Gasteiger partial charge < -0.3 is 25.4 Å². The molecule has 1 aliphatic heterocycles. The van der Waals surface area contributed by atoms with Gasteiger partial charge in [-0.3, -0.25) is 4.57 Å². The molecule has 1 fully saturated rings. The number of benzene rings is 1. The first-order valence-corrected chi connectivity index (χ1v) is 9.25. The van der Waals surface area contributed by atoms with Crippen LogP contribution < -0.4 is 5.32 Å². The fourth-order valence-corrected chi connectivity index (χ4v) is 3.53. The molecule has 28 heavy (non-hydrogen) atoms. The van der Waals surface area contributed by atoms with E-state index in [9.17, 15) is 15.3 Å². The highest BCUT2D eigenvalue weighted by Gasteiger charge is 2.44. The minimum Gasteiger partial charge on any atom is -0.394 e. The maximum atomic E-state index is 10.3. The minimum atomic E-state index is -1.20. The molecule has 148 valence electrons. The number of hydrogen-bond donors (Lipinski definition) is 4. The van der Waals surface area contributed by atoms with E-state index in [-0.39, 0.29) is 6.04 Å². The zero-order chi connectivity index (χ0) is 19.7. The van der Waals surface area contributed by atoms with Crippen molar-refractivity contribution in [3.8, 4) is 0 Å². The molecule has 0 amide bonds. The molecule has 3 aromatic rings. The Morgan fingerprint density at radius 3 is 2.61 bits per heavy atom. The average Bonchev–Trinajstić information content (AvgIpc) is 3.28. The highest BCUT2D eigenvalue weighted by molar-refractivity contribution is 5.83. The van der Waals surface area contributed by atoms with E-state index in [0.717, 1.165) is 12.0 Å². The normalized spacial score (nSPS) is 25.9. The van der Waals surface area contributed by atoms with Crippen molar-refractivity contribution in [3.05, 3.63) is 48.5 Å². The molecule has 5 atom stereocenters. The highest BCUT2D eigenvalue weighted by Crippen LogP contribution is 2.32. The van der Waals surface area contributed by atoms with Crippen molar-refractivity contribution in [2.45, 2.75) is 43.9 Å². The third-order valence-corrected chi connectivity index (χ3v) is 5.07. The Kier molecular flexibility index (Phi) is 5.23. The highest BCUT2D eigenvalue weighted by atomic mass is 16.6. The van der Waals surface area contributed by atoms with Crippen LogP contribution >= 0.6 is 0 Å². The summed E-state index contributed by atoms with van der Waals surface area (Å²) in [4.78, 5) is 13.0. The van der Waals surface area contributed by atoms with Crippen molar-refractivity contribution in [2.75, 3.05) is 11.9 Å². The summed E-state index contributed by atoms with van der Waals surface area (Å²) in [6.45, 7) is 1.69. The van der Waals surface area contributed by atoms with Crippen molar-refractivity contribution in [3.63, 3.8) is 0 Å². The molecule has 9 nitrogen and oxygen atoms in total. The molecule has 2 aromatic heterocycles. The van der Waals surface area contributed by atoms with Crippen LogP contribution in [-0.2, 0) is 4.74 Å². The monoisotopic (exact) mass is 385 g/mol. The lowest BCUT2D eigenvalue weighted by atomic mass is 10.0. The molecular weight excluding hydrogens is 362 g/mol. The van der Waals surface area contributed by atoms with Gasteiger partial charge >= 0.3 is 0 Å². The summed E-state index contributed by atoms with van der Waals surface area (Å²) in [5.41, 5.74) is 2.14. The summed E-state index contributed by atoms with van der Waals surface area (Å²) in [6, 6.07) is 10.1. The first-order chi connectivity index (χ1) is 13.6. The fourth-order valence-electron chi connectivity index (χ4n) is 3.53. The molecule has 4 N–H and O–H groups in total. The summed E-state index contributed by atoms with van der Waals surface area (Å²) in [7, 11) is 0. The summed E-state index contributed by atoms with van der Waals surface area (Å²) < 4.78 is 7.14. The number of nitrogens with one attached hydrogen (secondary N) is 1. The molecule has 3 heterocycles. The van der Waals surface area contributed by atoms with Crippen molar-refractivity contribution in [1.29, 1.82) is 0 Å². The molecule has 3 unspecified atom stereocenters. The van der Waals surface area contributed by atoms with Crippen molar-refractivity contribution in [1.82, 2.24) is 19.5 Å². The fraction of sp³-hybridized carbons (Fsp3) is 0.421. The maximum absolute atomic E-state index is 10.3.